The number of alkyl carbamates (subject to hydrolysis) is 1. The fourth-order valence-electron chi connectivity index (χ4n) is 8.96. The van der Waals surface area contributed by atoms with E-state index in [1.807, 2.05) is 50.2 Å². The first-order valence-electron chi connectivity index (χ1n) is 20.5. The van der Waals surface area contributed by atoms with Crippen LogP contribution in [0, 0.1) is 29.6 Å². The molecule has 0 radical (unpaired) electrons. The van der Waals surface area contributed by atoms with Crippen LogP contribution in [0.3, 0.4) is 0 Å². The van der Waals surface area contributed by atoms with E-state index in [-0.39, 0.29) is 43.3 Å². The number of fused-ring (bicyclic) bond motifs is 1. The van der Waals surface area contributed by atoms with E-state index in [4.69, 9.17) is 32.8 Å². The maximum absolute atomic E-state index is 14.4. The second kappa shape index (κ2) is 18.9. The zero-order chi connectivity index (χ0) is 43.4. The van der Waals surface area contributed by atoms with Gasteiger partial charge in [0.05, 0.1) is 18.3 Å². The number of Topliss-reactive ketones (excluding diaryl/α,β-unsaturated/α-hetero) is 2. The molecular formula is C43H61N3O13. The molecule has 0 spiro atoms. The van der Waals surface area contributed by atoms with Crippen LogP contribution < -0.4 is 5.32 Å². The molecule has 2 N–H and O–H groups in total. The molecule has 3 fully saturated rings. The van der Waals surface area contributed by atoms with Crippen LogP contribution in [-0.2, 0) is 42.8 Å². The summed E-state index contributed by atoms with van der Waals surface area (Å²) in [5.74, 6) is -5.52. The first-order valence-corrected chi connectivity index (χ1v) is 20.5. The van der Waals surface area contributed by atoms with Crippen molar-refractivity contribution in [2.75, 3.05) is 20.7 Å². The summed E-state index contributed by atoms with van der Waals surface area (Å²) >= 11 is 0. The molecule has 0 saturated carbocycles. The van der Waals surface area contributed by atoms with Gasteiger partial charge in [0.2, 0.25) is 5.89 Å². The molecule has 1 aromatic heterocycles. The number of aliphatic hydroxyl groups excluding tert-OH is 1. The Morgan fingerprint density at radius 1 is 1.08 bits per heavy atom. The lowest BCUT2D eigenvalue weighted by atomic mass is 9.73. The van der Waals surface area contributed by atoms with E-state index in [9.17, 15) is 29.1 Å². The summed E-state index contributed by atoms with van der Waals surface area (Å²) in [4.78, 5) is 75.1. The summed E-state index contributed by atoms with van der Waals surface area (Å²) in [6.45, 7) is 12.8. The topological polar surface area (TPSA) is 202 Å². The van der Waals surface area contributed by atoms with Gasteiger partial charge in [0.1, 0.15) is 48.5 Å². The Morgan fingerprint density at radius 3 is 2.44 bits per heavy atom. The number of hydrogen-bond donors (Lipinski definition) is 2. The number of ether oxygens (including phenoxy) is 6. The highest BCUT2D eigenvalue weighted by Gasteiger charge is 2.57. The van der Waals surface area contributed by atoms with Crippen LogP contribution in [0.25, 0.3) is 5.57 Å². The van der Waals surface area contributed by atoms with E-state index in [0.717, 1.165) is 5.57 Å². The Morgan fingerprint density at radius 2 is 1.81 bits per heavy atom. The van der Waals surface area contributed by atoms with Gasteiger partial charge < -0.3 is 48.2 Å². The van der Waals surface area contributed by atoms with Gasteiger partial charge in [-0.3, -0.25) is 14.4 Å². The maximum atomic E-state index is 14.4. The minimum atomic E-state index is -1.80. The van der Waals surface area contributed by atoms with Crippen LogP contribution in [0.1, 0.15) is 87.0 Å². The minimum Gasteiger partial charge on any atom is -0.458 e. The van der Waals surface area contributed by atoms with E-state index >= 15 is 0 Å². The smallest absolute Gasteiger partial charge is 0.458 e. The molecule has 3 saturated heterocycles. The van der Waals surface area contributed by atoms with E-state index in [0.29, 0.717) is 18.7 Å². The molecule has 0 bridgehead atoms. The Hall–Kier alpha value is -4.38. The van der Waals surface area contributed by atoms with Gasteiger partial charge in [0.25, 0.3) is 0 Å². The number of aromatic nitrogens is 1. The first-order chi connectivity index (χ1) is 27.8. The number of likely N-dealkylation sites (N-methyl/N-ethyl adjacent to an activating group) is 1. The van der Waals surface area contributed by atoms with Gasteiger partial charge in [-0.15, -0.1) is 0 Å². The monoisotopic (exact) mass is 827 g/mol. The van der Waals surface area contributed by atoms with E-state index in [1.54, 1.807) is 40.0 Å². The lowest BCUT2D eigenvalue weighted by molar-refractivity contribution is -0.293. The number of amides is 1. The molecule has 4 aliphatic rings. The summed E-state index contributed by atoms with van der Waals surface area (Å²) < 4.78 is 41.4. The summed E-state index contributed by atoms with van der Waals surface area (Å²) in [5.41, 5.74) is -2.38. The highest BCUT2D eigenvalue weighted by molar-refractivity contribution is 6.00. The van der Waals surface area contributed by atoms with E-state index in [2.05, 4.69) is 10.3 Å². The van der Waals surface area contributed by atoms with Crippen LogP contribution in [0.4, 0.5) is 9.59 Å². The number of hydrogen-bond acceptors (Lipinski definition) is 15. The molecule has 59 heavy (non-hydrogen) atoms. The lowest BCUT2D eigenvalue weighted by Crippen LogP contribution is -2.60. The largest absolute Gasteiger partial charge is 0.509 e. The molecule has 0 aromatic carbocycles. The Balaban J connectivity index is 1.46. The van der Waals surface area contributed by atoms with E-state index in [1.165, 1.54) is 27.0 Å². The SMILES string of the molecule is CC[C@H]1OC(=O)[C@H](C)C(=O)[C@H](C)[C@@H](O[C@@H]2O[C@H](C)C[C@H](N(C)C)[C@H]2O)[C@](C)(OC(=O)OC/C=C/C2C=CC(c3ncco3)=CC2)C[C@@H](C)C(=O)[C@H](C)[C@H]2NC(=O)O[C@@]21C. The summed E-state index contributed by atoms with van der Waals surface area (Å²) in [6.07, 6.45) is 6.64. The summed E-state index contributed by atoms with van der Waals surface area (Å²) in [7, 11) is 3.64. The fourth-order valence-corrected chi connectivity index (χ4v) is 8.96. The number of carbonyl (C=O) groups is 5. The molecule has 1 unspecified atom stereocenters. The van der Waals surface area contributed by atoms with Crippen LogP contribution in [0.2, 0.25) is 0 Å². The quantitative estimate of drug-likeness (QED) is 0.142. The third-order valence-electron chi connectivity index (χ3n) is 12.3. The Kier molecular flexibility index (Phi) is 14.6. The van der Waals surface area contributed by atoms with Crippen LogP contribution in [0.15, 0.2) is 47.3 Å². The number of aliphatic hydroxyl groups is 1. The zero-order valence-electron chi connectivity index (χ0n) is 35.7. The number of oxazole rings is 1. The number of allylic oxidation sites excluding steroid dienone is 5. The number of carbonyl (C=O) groups excluding carboxylic acids is 5. The van der Waals surface area contributed by atoms with Crippen LogP contribution in [0.5, 0.6) is 0 Å². The molecule has 5 rings (SSSR count). The van der Waals surface area contributed by atoms with Gasteiger partial charge in [-0.05, 0) is 73.4 Å². The van der Waals surface area contributed by atoms with Crippen molar-refractivity contribution in [3.05, 3.63) is 48.7 Å². The molecule has 14 atom stereocenters. The standard InChI is InChI=1S/C43H61N3O13/c1-11-31-43(8)35(45-40(51)58-43)25(4)32(47)23(2)22-42(7,59-41(52)54-19-12-13-28-14-16-29(17-15-28)37-44-18-20-53-37)36(26(5)33(48)27(6)38(50)56-31)57-39-34(49)30(46(9)10)21-24(3)55-39/h12-14,16-18,20,23-28,30-31,34-36,39,49H,11,15,19,21-22H2,1-10H3,(H,45,51)/b13-12+/t23-,24-,25+,26+,27-,28?,30+,31-,34-,35-,36-,39+,42-,43-/m1/s1. The zero-order valence-corrected chi connectivity index (χ0v) is 35.7. The molecule has 16 heteroatoms. The van der Waals surface area contributed by atoms with Gasteiger partial charge in [-0.2, -0.15) is 0 Å². The number of esters is 1. The number of nitrogens with one attached hydrogen (secondary N) is 1. The molecule has 16 nitrogen and oxygen atoms in total. The van der Waals surface area contributed by atoms with Gasteiger partial charge >= 0.3 is 18.2 Å². The predicted octanol–water partition coefficient (Wildman–Crippen LogP) is 5.19. The van der Waals surface area contributed by atoms with Crippen molar-refractivity contribution >= 4 is 35.4 Å². The van der Waals surface area contributed by atoms with Gasteiger partial charge in [0.15, 0.2) is 17.7 Å². The molecular weight excluding hydrogens is 766 g/mol. The molecule has 3 aliphatic heterocycles. The second-order valence-electron chi connectivity index (χ2n) is 17.0. The van der Waals surface area contributed by atoms with E-state index < -0.39 is 89.5 Å². The average molecular weight is 828 g/mol. The number of ketones is 2. The number of nitrogens with zero attached hydrogens (tertiary/aromatic N) is 2. The lowest BCUT2D eigenvalue weighted by Gasteiger charge is -2.46. The van der Waals surface area contributed by atoms with Gasteiger partial charge in [-0.1, -0.05) is 58.1 Å². The number of rotatable bonds is 9. The predicted molar refractivity (Wildman–Crippen MR) is 212 cm³/mol. The van der Waals surface area contributed by atoms with Crippen molar-refractivity contribution in [2.24, 2.45) is 29.6 Å². The van der Waals surface area contributed by atoms with Crippen molar-refractivity contribution in [1.29, 1.82) is 0 Å². The highest BCUT2D eigenvalue weighted by Crippen LogP contribution is 2.40. The van der Waals surface area contributed by atoms with Crippen molar-refractivity contribution in [2.45, 2.75) is 135 Å². The summed E-state index contributed by atoms with van der Waals surface area (Å²) in [6, 6.07) is -1.30. The normalized spacial score (nSPS) is 38.5. The molecule has 1 aliphatic carbocycles. The van der Waals surface area contributed by atoms with Crippen LogP contribution in [-0.4, -0.2) is 119 Å². The third-order valence-corrected chi connectivity index (χ3v) is 12.3. The van der Waals surface area contributed by atoms with Crippen molar-refractivity contribution in [3.8, 4) is 0 Å². The average Bonchev–Trinajstić information content (AvgIpc) is 3.84. The van der Waals surface area contributed by atoms with Gasteiger partial charge in [-0.25, -0.2) is 14.6 Å². The highest BCUT2D eigenvalue weighted by atomic mass is 16.8. The molecule has 1 amide bonds. The van der Waals surface area contributed by atoms with Gasteiger partial charge in [0, 0.05) is 29.4 Å². The van der Waals surface area contributed by atoms with Crippen LogP contribution >= 0.6 is 0 Å². The molecule has 326 valence electrons. The third kappa shape index (κ3) is 10.2. The summed E-state index contributed by atoms with van der Waals surface area (Å²) in [5, 5.41) is 14.3. The Labute approximate surface area is 346 Å². The fraction of sp³-hybridized carbons (Fsp3) is 0.674. The first kappa shape index (κ1) is 45.7. The minimum absolute atomic E-state index is 0.0254. The maximum Gasteiger partial charge on any atom is 0.509 e. The number of cyclic esters (lactones) is 1. The van der Waals surface area contributed by atoms with Crippen molar-refractivity contribution < 1.29 is 61.9 Å². The van der Waals surface area contributed by atoms with Crippen molar-refractivity contribution in [1.82, 2.24) is 15.2 Å². The molecule has 1 aromatic rings. The second-order valence-corrected chi connectivity index (χ2v) is 17.0. The molecule has 4 heterocycles. The Bertz CT molecular complexity index is 1780. The van der Waals surface area contributed by atoms with Crippen molar-refractivity contribution in [3.63, 3.8) is 0 Å².